The average Bonchev–Trinajstić information content (AvgIpc) is 2.12. The normalized spacial score (nSPS) is 11.6. The lowest BCUT2D eigenvalue weighted by Gasteiger charge is -2.09. The van der Waals surface area contributed by atoms with Crippen LogP contribution in [0.1, 0.15) is 6.42 Å². The monoisotopic (exact) mass is 203 g/mol. The van der Waals surface area contributed by atoms with Crippen LogP contribution in [0.25, 0.3) is 0 Å². The molecule has 2 amide bonds. The third-order valence-electron chi connectivity index (χ3n) is 1.39. The van der Waals surface area contributed by atoms with E-state index < -0.39 is 23.8 Å². The highest BCUT2D eigenvalue weighted by Crippen LogP contribution is 1.86. The SMILES string of the molecule is COC(=O)CNC(=O)C(N)CC(N)=O. The minimum atomic E-state index is -1.03. The number of rotatable bonds is 5. The number of esters is 1. The first-order valence-electron chi connectivity index (χ1n) is 3.85. The molecule has 7 nitrogen and oxygen atoms in total. The lowest BCUT2D eigenvalue weighted by atomic mass is 10.2. The second-order valence-corrected chi connectivity index (χ2v) is 2.57. The van der Waals surface area contributed by atoms with Crippen LogP contribution in [0.5, 0.6) is 0 Å². The van der Waals surface area contributed by atoms with Crippen molar-refractivity contribution in [2.45, 2.75) is 12.5 Å². The predicted molar refractivity (Wildman–Crippen MR) is 46.8 cm³/mol. The molecule has 0 aromatic heterocycles. The summed E-state index contributed by atoms with van der Waals surface area (Å²) in [5, 5.41) is 2.19. The summed E-state index contributed by atoms with van der Waals surface area (Å²) in [5.74, 6) is -1.88. The molecular formula is C7H13N3O4. The van der Waals surface area contributed by atoms with Crippen molar-refractivity contribution in [3.8, 4) is 0 Å². The zero-order valence-electron chi connectivity index (χ0n) is 7.78. The topological polar surface area (TPSA) is 125 Å². The fourth-order valence-electron chi connectivity index (χ4n) is 0.672. The highest BCUT2D eigenvalue weighted by Gasteiger charge is 2.16. The van der Waals surface area contributed by atoms with Crippen molar-refractivity contribution in [1.82, 2.24) is 5.32 Å². The Morgan fingerprint density at radius 2 is 2.00 bits per heavy atom. The van der Waals surface area contributed by atoms with Gasteiger partial charge in [-0.1, -0.05) is 0 Å². The molecule has 0 aliphatic heterocycles. The highest BCUT2D eigenvalue weighted by molar-refractivity contribution is 5.89. The molecule has 80 valence electrons. The van der Waals surface area contributed by atoms with E-state index in [9.17, 15) is 14.4 Å². The molecule has 0 spiro atoms. The Labute approximate surface area is 80.8 Å². The van der Waals surface area contributed by atoms with Crippen molar-refractivity contribution in [1.29, 1.82) is 0 Å². The molecule has 0 aliphatic rings. The van der Waals surface area contributed by atoms with Gasteiger partial charge in [0.15, 0.2) is 0 Å². The van der Waals surface area contributed by atoms with Gasteiger partial charge >= 0.3 is 5.97 Å². The van der Waals surface area contributed by atoms with Crippen molar-refractivity contribution in [2.75, 3.05) is 13.7 Å². The number of primary amides is 1. The van der Waals surface area contributed by atoms with Crippen molar-refractivity contribution >= 4 is 17.8 Å². The zero-order chi connectivity index (χ0) is 11.1. The van der Waals surface area contributed by atoms with Gasteiger partial charge in [-0.05, 0) is 0 Å². The summed E-state index contributed by atoms with van der Waals surface area (Å²) < 4.78 is 4.28. The third kappa shape index (κ3) is 5.09. The van der Waals surface area contributed by atoms with Gasteiger partial charge in [0.1, 0.15) is 6.54 Å². The maximum atomic E-state index is 11.0. The van der Waals surface area contributed by atoms with E-state index in [4.69, 9.17) is 11.5 Å². The summed E-state index contributed by atoms with van der Waals surface area (Å²) in [6.07, 6.45) is -0.257. The summed E-state index contributed by atoms with van der Waals surface area (Å²) in [7, 11) is 1.19. The van der Waals surface area contributed by atoms with Crippen molar-refractivity contribution in [2.24, 2.45) is 11.5 Å². The Morgan fingerprint density at radius 3 is 2.43 bits per heavy atom. The minimum Gasteiger partial charge on any atom is -0.468 e. The number of hydrogen-bond donors (Lipinski definition) is 3. The molecule has 0 saturated carbocycles. The Hall–Kier alpha value is -1.63. The van der Waals surface area contributed by atoms with E-state index >= 15 is 0 Å². The molecule has 0 heterocycles. The summed E-state index contributed by atoms with van der Waals surface area (Å²) in [6, 6.07) is -1.03. The first-order chi connectivity index (χ1) is 6.47. The Kier molecular flexibility index (Phi) is 5.23. The van der Waals surface area contributed by atoms with Crippen LogP contribution in [-0.4, -0.2) is 37.5 Å². The van der Waals surface area contributed by atoms with Gasteiger partial charge < -0.3 is 21.5 Å². The van der Waals surface area contributed by atoms with E-state index in [2.05, 4.69) is 10.1 Å². The molecule has 14 heavy (non-hydrogen) atoms. The van der Waals surface area contributed by atoms with Gasteiger partial charge in [-0.3, -0.25) is 14.4 Å². The van der Waals surface area contributed by atoms with Crippen LogP contribution in [-0.2, 0) is 19.1 Å². The maximum absolute atomic E-state index is 11.0. The Bertz CT molecular complexity index is 241. The van der Waals surface area contributed by atoms with Crippen LogP contribution < -0.4 is 16.8 Å². The summed E-state index contributed by atoms with van der Waals surface area (Å²) in [5.41, 5.74) is 10.1. The molecule has 0 aromatic carbocycles. The Morgan fingerprint density at radius 1 is 1.43 bits per heavy atom. The molecule has 7 heteroatoms. The van der Waals surface area contributed by atoms with Crippen LogP contribution in [0.4, 0.5) is 0 Å². The van der Waals surface area contributed by atoms with Gasteiger partial charge in [0.2, 0.25) is 11.8 Å². The van der Waals surface area contributed by atoms with Crippen LogP contribution in [0.2, 0.25) is 0 Å². The molecule has 5 N–H and O–H groups in total. The smallest absolute Gasteiger partial charge is 0.325 e. The fraction of sp³-hybridized carbons (Fsp3) is 0.571. The molecular weight excluding hydrogens is 190 g/mol. The first kappa shape index (κ1) is 12.4. The number of methoxy groups -OCH3 is 1. The lowest BCUT2D eigenvalue weighted by Crippen LogP contribution is -2.44. The van der Waals surface area contributed by atoms with Crippen LogP contribution in [0.3, 0.4) is 0 Å². The number of carbonyl (C=O) groups is 3. The van der Waals surface area contributed by atoms with E-state index in [1.807, 2.05) is 0 Å². The van der Waals surface area contributed by atoms with Crippen LogP contribution >= 0.6 is 0 Å². The molecule has 0 fully saturated rings. The molecule has 0 rings (SSSR count). The van der Waals surface area contributed by atoms with Crippen LogP contribution in [0.15, 0.2) is 0 Å². The standard InChI is InChI=1S/C7H13N3O4/c1-14-6(12)3-10-7(13)4(8)2-5(9)11/h4H,2-3,8H2,1H3,(H2,9,11)(H,10,13). The maximum Gasteiger partial charge on any atom is 0.325 e. The molecule has 0 radical (unpaired) electrons. The van der Waals surface area contributed by atoms with Crippen molar-refractivity contribution in [3.63, 3.8) is 0 Å². The summed E-state index contributed by atoms with van der Waals surface area (Å²) >= 11 is 0. The molecule has 1 unspecified atom stereocenters. The van der Waals surface area contributed by atoms with Crippen LogP contribution in [0, 0.1) is 0 Å². The van der Waals surface area contributed by atoms with Gasteiger partial charge in [-0.2, -0.15) is 0 Å². The Balaban J connectivity index is 3.84. The van der Waals surface area contributed by atoms with Gasteiger partial charge in [0, 0.05) is 0 Å². The largest absolute Gasteiger partial charge is 0.468 e. The molecule has 1 atom stereocenters. The molecule has 0 aromatic rings. The van der Waals surface area contributed by atoms with Gasteiger partial charge in [0.25, 0.3) is 0 Å². The van der Waals surface area contributed by atoms with Gasteiger partial charge in [-0.25, -0.2) is 0 Å². The van der Waals surface area contributed by atoms with Gasteiger partial charge in [-0.15, -0.1) is 0 Å². The average molecular weight is 203 g/mol. The number of hydrogen-bond acceptors (Lipinski definition) is 5. The summed E-state index contributed by atoms with van der Waals surface area (Å²) in [6.45, 7) is -0.276. The van der Waals surface area contributed by atoms with Crippen molar-refractivity contribution in [3.05, 3.63) is 0 Å². The van der Waals surface area contributed by atoms with E-state index in [-0.39, 0.29) is 13.0 Å². The first-order valence-corrected chi connectivity index (χ1v) is 3.85. The number of carbonyl (C=O) groups excluding carboxylic acids is 3. The van der Waals surface area contributed by atoms with E-state index in [1.54, 1.807) is 0 Å². The number of nitrogens with one attached hydrogen (secondary N) is 1. The van der Waals surface area contributed by atoms with Crippen molar-refractivity contribution < 1.29 is 19.1 Å². The van der Waals surface area contributed by atoms with Gasteiger partial charge in [0.05, 0.1) is 19.6 Å². The summed E-state index contributed by atoms with van der Waals surface area (Å²) in [4.78, 5) is 32.0. The second kappa shape index (κ2) is 5.92. The quantitative estimate of drug-likeness (QED) is 0.425. The van der Waals surface area contributed by atoms with E-state index in [1.165, 1.54) is 7.11 Å². The zero-order valence-corrected chi connectivity index (χ0v) is 7.78. The third-order valence-corrected chi connectivity index (χ3v) is 1.39. The second-order valence-electron chi connectivity index (χ2n) is 2.57. The number of ether oxygens (including phenoxy) is 1. The molecule has 0 saturated heterocycles. The molecule has 0 aliphatic carbocycles. The predicted octanol–water partition coefficient (Wildman–Crippen LogP) is -2.52. The lowest BCUT2D eigenvalue weighted by molar-refractivity contribution is -0.141. The van der Waals surface area contributed by atoms with E-state index in [0.717, 1.165) is 0 Å². The molecule has 0 bridgehead atoms. The highest BCUT2D eigenvalue weighted by atomic mass is 16.5. The number of amides is 2. The van der Waals surface area contributed by atoms with E-state index in [0.29, 0.717) is 0 Å². The minimum absolute atomic E-state index is 0.257. The number of nitrogens with two attached hydrogens (primary N) is 2. The fourth-order valence-corrected chi connectivity index (χ4v) is 0.672.